The molecule has 2 saturated carbocycles. The number of aromatic nitrogens is 2. The van der Waals surface area contributed by atoms with Crippen molar-refractivity contribution >= 4 is 23.2 Å². The van der Waals surface area contributed by atoms with Gasteiger partial charge >= 0.3 is 0 Å². The van der Waals surface area contributed by atoms with Gasteiger partial charge in [0.25, 0.3) is 5.91 Å². The van der Waals surface area contributed by atoms with Gasteiger partial charge in [-0.2, -0.15) is 0 Å². The molecule has 0 bridgehead atoms. The average Bonchev–Trinajstić information content (AvgIpc) is 3.26. The van der Waals surface area contributed by atoms with E-state index in [1.54, 1.807) is 30.6 Å². The molecule has 2 aliphatic rings. The summed E-state index contributed by atoms with van der Waals surface area (Å²) in [6.45, 7) is 0.630. The summed E-state index contributed by atoms with van der Waals surface area (Å²) >= 11 is 1.61. The molecular weight excluding hydrogens is 412 g/mol. The van der Waals surface area contributed by atoms with Gasteiger partial charge in [0, 0.05) is 43.4 Å². The first kappa shape index (κ1) is 21.7. The molecule has 0 radical (unpaired) electrons. The lowest BCUT2D eigenvalue weighted by Gasteiger charge is -2.35. The molecule has 0 aromatic carbocycles. The highest BCUT2D eigenvalue weighted by Crippen LogP contribution is 2.38. The fourth-order valence-corrected chi connectivity index (χ4v) is 5.28. The Hall–Kier alpha value is -2.48. The summed E-state index contributed by atoms with van der Waals surface area (Å²) in [5.41, 5.74) is 0.368. The quantitative estimate of drug-likeness (QED) is 0.689. The Morgan fingerprint density at radius 1 is 1.19 bits per heavy atom. The van der Waals surface area contributed by atoms with E-state index in [1.165, 1.54) is 10.6 Å². The Bertz CT molecular complexity index is 959. The van der Waals surface area contributed by atoms with Crippen molar-refractivity contribution in [3.05, 3.63) is 50.8 Å². The van der Waals surface area contributed by atoms with Gasteiger partial charge in [0.2, 0.25) is 11.5 Å². The zero-order valence-electron chi connectivity index (χ0n) is 17.9. The molecule has 1 atom stereocenters. The monoisotopic (exact) mass is 442 g/mol. The first-order chi connectivity index (χ1) is 15.0. The molecule has 2 fully saturated rings. The third kappa shape index (κ3) is 5.23. The van der Waals surface area contributed by atoms with Gasteiger partial charge in [0.1, 0.15) is 5.01 Å². The van der Waals surface area contributed by atoms with Gasteiger partial charge in [-0.05, 0) is 56.4 Å². The van der Waals surface area contributed by atoms with E-state index in [-0.39, 0.29) is 29.3 Å². The van der Waals surface area contributed by atoms with Crippen LogP contribution in [0.25, 0.3) is 0 Å². The van der Waals surface area contributed by atoms with Crippen molar-refractivity contribution in [1.82, 2.24) is 20.2 Å². The zero-order chi connectivity index (χ0) is 21.8. The maximum atomic E-state index is 12.6. The number of amides is 2. The molecule has 4 rings (SSSR count). The molecular formula is C23H30N4O3S. The maximum Gasteiger partial charge on any atom is 0.252 e. The van der Waals surface area contributed by atoms with Crippen molar-refractivity contribution in [2.24, 2.45) is 24.8 Å². The molecule has 7 nitrogen and oxygen atoms in total. The number of aryl methyl sites for hydroxylation is 1. The van der Waals surface area contributed by atoms with Crippen LogP contribution >= 0.6 is 11.3 Å². The van der Waals surface area contributed by atoms with E-state index >= 15 is 0 Å². The van der Waals surface area contributed by atoms with E-state index in [1.807, 2.05) is 11.6 Å². The lowest BCUT2D eigenvalue weighted by Crippen LogP contribution is -2.41. The molecule has 0 spiro atoms. The number of nitrogens with zero attached hydrogens (tertiary/aromatic N) is 2. The largest absolute Gasteiger partial charge is 0.352 e. The van der Waals surface area contributed by atoms with Gasteiger partial charge in [-0.1, -0.05) is 6.42 Å². The van der Waals surface area contributed by atoms with E-state index in [0.29, 0.717) is 23.9 Å². The second-order valence-corrected chi connectivity index (χ2v) is 9.77. The van der Waals surface area contributed by atoms with Crippen LogP contribution in [0.5, 0.6) is 0 Å². The molecule has 2 N–H and O–H groups in total. The van der Waals surface area contributed by atoms with Gasteiger partial charge in [0.05, 0.1) is 11.6 Å². The standard InChI is InChI=1S/C23H30N4O3S/c1-27-14-18(9-10-19(27)28)21(29)25-13-15-5-7-16(8-6-15)20(23-24-11-12-31-23)26-22(30)17-3-2-4-17/h9-12,14-17,20H,2-8,13H2,1H3,(H,25,29)(H,26,30)/t15?,16?,20-/m1/s1. The SMILES string of the molecule is Cn1cc(C(=O)NCC2CCC([C@@H](NC(=O)C3CCC3)c3nccs3)CC2)ccc1=O. The second-order valence-electron chi connectivity index (χ2n) is 8.84. The summed E-state index contributed by atoms with van der Waals surface area (Å²) in [5.74, 6) is 1.01. The van der Waals surface area contributed by atoms with Crippen LogP contribution < -0.4 is 16.2 Å². The van der Waals surface area contributed by atoms with Crippen LogP contribution in [-0.2, 0) is 11.8 Å². The Morgan fingerprint density at radius 3 is 2.58 bits per heavy atom. The predicted octanol–water partition coefficient (Wildman–Crippen LogP) is 3.04. The first-order valence-corrected chi connectivity index (χ1v) is 12.0. The van der Waals surface area contributed by atoms with E-state index in [2.05, 4.69) is 15.6 Å². The fourth-order valence-electron chi connectivity index (χ4n) is 4.50. The molecule has 2 aromatic heterocycles. The summed E-state index contributed by atoms with van der Waals surface area (Å²) in [7, 11) is 1.64. The molecule has 166 valence electrons. The summed E-state index contributed by atoms with van der Waals surface area (Å²) < 4.78 is 1.41. The number of pyridine rings is 1. The first-order valence-electron chi connectivity index (χ1n) is 11.2. The Kier molecular flexibility index (Phi) is 6.85. The highest BCUT2D eigenvalue weighted by atomic mass is 32.1. The molecule has 0 aliphatic heterocycles. The summed E-state index contributed by atoms with van der Waals surface area (Å²) in [4.78, 5) is 41.0. The van der Waals surface area contributed by atoms with Crippen molar-refractivity contribution in [3.8, 4) is 0 Å². The van der Waals surface area contributed by atoms with Gasteiger partial charge in [0.15, 0.2) is 0 Å². The van der Waals surface area contributed by atoms with Gasteiger partial charge < -0.3 is 15.2 Å². The number of hydrogen-bond donors (Lipinski definition) is 2. The Morgan fingerprint density at radius 2 is 1.97 bits per heavy atom. The van der Waals surface area contributed by atoms with Crippen molar-refractivity contribution < 1.29 is 9.59 Å². The number of carbonyl (C=O) groups is 2. The molecule has 2 amide bonds. The van der Waals surface area contributed by atoms with E-state index in [4.69, 9.17) is 0 Å². The zero-order valence-corrected chi connectivity index (χ0v) is 18.7. The van der Waals surface area contributed by atoms with E-state index < -0.39 is 0 Å². The van der Waals surface area contributed by atoms with Crippen LogP contribution in [0.2, 0.25) is 0 Å². The molecule has 2 aliphatic carbocycles. The smallest absolute Gasteiger partial charge is 0.252 e. The summed E-state index contributed by atoms with van der Waals surface area (Å²) in [6, 6.07) is 2.98. The summed E-state index contributed by atoms with van der Waals surface area (Å²) in [5, 5.41) is 9.28. The lowest BCUT2D eigenvalue weighted by molar-refractivity contribution is -0.128. The normalized spacial score (nSPS) is 22.4. The minimum absolute atomic E-state index is 0.00533. The van der Waals surface area contributed by atoms with Gasteiger partial charge in [-0.25, -0.2) is 4.98 Å². The molecule has 2 heterocycles. The Labute approximate surface area is 186 Å². The fraction of sp³-hybridized carbons (Fsp3) is 0.565. The average molecular weight is 443 g/mol. The number of carbonyl (C=O) groups excluding carboxylic acids is 2. The van der Waals surface area contributed by atoms with Crippen molar-refractivity contribution in [2.75, 3.05) is 6.54 Å². The van der Waals surface area contributed by atoms with Crippen LogP contribution in [-0.4, -0.2) is 27.9 Å². The number of hydrogen-bond acceptors (Lipinski definition) is 5. The third-order valence-corrected chi connectivity index (χ3v) is 7.61. The predicted molar refractivity (Wildman–Crippen MR) is 120 cm³/mol. The van der Waals surface area contributed by atoms with Crippen LogP contribution in [0.3, 0.4) is 0 Å². The van der Waals surface area contributed by atoms with Crippen LogP contribution in [0, 0.1) is 17.8 Å². The van der Waals surface area contributed by atoms with E-state index in [0.717, 1.165) is 50.0 Å². The minimum atomic E-state index is -0.147. The van der Waals surface area contributed by atoms with Crippen molar-refractivity contribution in [1.29, 1.82) is 0 Å². The van der Waals surface area contributed by atoms with Gasteiger partial charge in [-0.3, -0.25) is 14.4 Å². The number of rotatable bonds is 7. The topological polar surface area (TPSA) is 93.1 Å². The maximum absolute atomic E-state index is 12.6. The highest BCUT2D eigenvalue weighted by Gasteiger charge is 2.34. The van der Waals surface area contributed by atoms with Crippen LogP contribution in [0.4, 0.5) is 0 Å². The third-order valence-electron chi connectivity index (χ3n) is 6.75. The molecule has 0 saturated heterocycles. The lowest BCUT2D eigenvalue weighted by atomic mass is 9.78. The van der Waals surface area contributed by atoms with Crippen molar-refractivity contribution in [3.63, 3.8) is 0 Å². The second kappa shape index (κ2) is 9.77. The summed E-state index contributed by atoms with van der Waals surface area (Å²) in [6.07, 6.45) is 10.6. The minimum Gasteiger partial charge on any atom is -0.352 e. The molecule has 31 heavy (non-hydrogen) atoms. The highest BCUT2D eigenvalue weighted by molar-refractivity contribution is 7.09. The van der Waals surface area contributed by atoms with E-state index in [9.17, 15) is 14.4 Å². The van der Waals surface area contributed by atoms with Crippen LogP contribution in [0.15, 0.2) is 34.7 Å². The number of nitrogens with one attached hydrogen (secondary N) is 2. The van der Waals surface area contributed by atoms with Crippen molar-refractivity contribution in [2.45, 2.75) is 51.0 Å². The van der Waals surface area contributed by atoms with Crippen LogP contribution in [0.1, 0.15) is 66.4 Å². The molecule has 0 unspecified atom stereocenters. The molecule has 8 heteroatoms. The number of thiazole rings is 1. The Balaban J connectivity index is 1.30. The molecule has 2 aromatic rings. The van der Waals surface area contributed by atoms with Gasteiger partial charge in [-0.15, -0.1) is 11.3 Å².